The van der Waals surface area contributed by atoms with Gasteiger partial charge in [0.15, 0.2) is 8.32 Å². The topological polar surface area (TPSA) is 26.3 Å². The van der Waals surface area contributed by atoms with Crippen LogP contribution in [0.15, 0.2) is 0 Å². The molecule has 0 bridgehead atoms. The Bertz CT molecular complexity index is 630. The summed E-state index contributed by atoms with van der Waals surface area (Å²) < 4.78 is 7.22. The first kappa shape index (κ1) is 24.0. The van der Waals surface area contributed by atoms with E-state index in [1.165, 1.54) is 88.8 Å². The maximum Gasteiger partial charge on any atom is 0.193 e. The van der Waals surface area contributed by atoms with Crippen molar-refractivity contribution in [3.05, 3.63) is 0 Å². The van der Waals surface area contributed by atoms with Gasteiger partial charge in [-0.15, -0.1) is 0 Å². The zero-order valence-electron chi connectivity index (χ0n) is 21.3. The fourth-order valence-electron chi connectivity index (χ4n) is 9.37. The Labute approximate surface area is 193 Å². The lowest BCUT2D eigenvalue weighted by Gasteiger charge is -2.60. The fourth-order valence-corrected chi connectivity index (χ4v) is 14.1. The van der Waals surface area contributed by atoms with E-state index in [4.69, 9.17) is 4.43 Å². The third kappa shape index (κ3) is 4.13. The molecule has 0 aliphatic heterocycles. The first-order chi connectivity index (χ1) is 14.8. The summed E-state index contributed by atoms with van der Waals surface area (Å²) in [6, 6.07) is 4.10. The molecule has 0 heterocycles. The molecule has 0 N–H and O–H groups in total. The Morgan fingerprint density at radius 3 is 2.19 bits per heavy atom. The average Bonchev–Trinajstić information content (AvgIpc) is 3.04. The Balaban J connectivity index is 1.46. The van der Waals surface area contributed by atoms with E-state index in [0.717, 1.165) is 24.2 Å². The van der Waals surface area contributed by atoms with Gasteiger partial charge in [0.2, 0.25) is 0 Å². The molecule has 0 spiro atoms. The molecule has 178 valence electrons. The number of fused-ring (bicyclic) bond motifs is 5. The Morgan fingerprint density at radius 2 is 1.55 bits per heavy atom. The highest BCUT2D eigenvalue weighted by Crippen LogP contribution is 2.65. The van der Waals surface area contributed by atoms with Crippen molar-refractivity contribution < 1.29 is 9.22 Å². The van der Waals surface area contributed by atoms with Gasteiger partial charge in [0, 0.05) is 17.9 Å². The van der Waals surface area contributed by atoms with Crippen molar-refractivity contribution in [2.24, 2.45) is 34.5 Å². The second-order valence-electron chi connectivity index (χ2n) is 12.5. The fraction of sp³-hybridized carbons (Fsp3) is 0.964. The first-order valence-electron chi connectivity index (χ1n) is 14.0. The van der Waals surface area contributed by atoms with Crippen molar-refractivity contribution in [2.45, 2.75) is 136 Å². The van der Waals surface area contributed by atoms with Crippen LogP contribution >= 0.6 is 0 Å². The smallest absolute Gasteiger partial charge is 0.193 e. The predicted octanol–water partition coefficient (Wildman–Crippen LogP) is 8.16. The van der Waals surface area contributed by atoms with Crippen LogP contribution < -0.4 is 0 Å². The molecular weight excluding hydrogens is 396 g/mol. The normalized spacial score (nSPS) is 42.7. The molecule has 3 heteroatoms. The standard InChI is InChI=1S/C28H50O2Si/c1-6-17-31(18-7-2,19-8-3)30-22-13-15-27(4)21(20-22)9-10-23-24-11-12-26(29)28(24,5)16-14-25(23)27/h21-25H,6-20H2,1-5H3. The van der Waals surface area contributed by atoms with Crippen molar-refractivity contribution in [1.82, 2.24) is 0 Å². The maximum atomic E-state index is 12.7. The summed E-state index contributed by atoms with van der Waals surface area (Å²) >= 11 is 0. The third-order valence-corrected chi connectivity index (χ3v) is 15.9. The van der Waals surface area contributed by atoms with Gasteiger partial charge >= 0.3 is 0 Å². The zero-order valence-corrected chi connectivity index (χ0v) is 22.3. The van der Waals surface area contributed by atoms with Crippen LogP contribution in [0.5, 0.6) is 0 Å². The van der Waals surface area contributed by atoms with Crippen molar-refractivity contribution in [1.29, 1.82) is 0 Å². The summed E-state index contributed by atoms with van der Waals surface area (Å²) in [4.78, 5) is 12.7. The zero-order chi connectivity index (χ0) is 22.3. The number of hydrogen-bond acceptors (Lipinski definition) is 2. The lowest BCUT2D eigenvalue weighted by Crippen LogP contribution is -2.55. The van der Waals surface area contributed by atoms with Gasteiger partial charge < -0.3 is 4.43 Å². The van der Waals surface area contributed by atoms with Gasteiger partial charge in [-0.1, -0.05) is 53.9 Å². The SMILES string of the molecule is CCC[Si](CCC)(CCC)OC1CCC2(C)C(CCC3C4CCC(=O)C4(C)CCC32)C1. The van der Waals surface area contributed by atoms with Gasteiger partial charge in [-0.25, -0.2) is 0 Å². The van der Waals surface area contributed by atoms with Gasteiger partial charge in [0.05, 0.1) is 0 Å². The van der Waals surface area contributed by atoms with Gasteiger partial charge in [-0.05, 0) is 98.6 Å². The molecular formula is C28H50O2Si. The van der Waals surface area contributed by atoms with E-state index >= 15 is 0 Å². The van der Waals surface area contributed by atoms with Crippen LogP contribution in [0.25, 0.3) is 0 Å². The van der Waals surface area contributed by atoms with Crippen LogP contribution in [-0.2, 0) is 9.22 Å². The van der Waals surface area contributed by atoms with Crippen LogP contribution in [0, 0.1) is 34.5 Å². The summed E-state index contributed by atoms with van der Waals surface area (Å²) in [5.41, 5.74) is 0.524. The monoisotopic (exact) mass is 446 g/mol. The van der Waals surface area contributed by atoms with Gasteiger partial charge in [0.1, 0.15) is 5.78 Å². The molecule has 0 radical (unpaired) electrons. The molecule has 0 aromatic carbocycles. The molecule has 4 aliphatic carbocycles. The molecule has 4 aliphatic rings. The lowest BCUT2D eigenvalue weighted by atomic mass is 9.45. The third-order valence-electron chi connectivity index (χ3n) is 10.9. The molecule has 7 unspecified atom stereocenters. The number of Topliss-reactive ketones (excluding diaryl/α,β-unsaturated/α-hetero) is 1. The minimum atomic E-state index is -1.57. The maximum absolute atomic E-state index is 12.7. The number of ketones is 1. The van der Waals surface area contributed by atoms with Crippen LogP contribution in [0.3, 0.4) is 0 Å². The highest BCUT2D eigenvalue weighted by Gasteiger charge is 2.60. The first-order valence-corrected chi connectivity index (χ1v) is 16.6. The molecule has 4 fully saturated rings. The Kier molecular flexibility index (Phi) is 7.15. The summed E-state index contributed by atoms with van der Waals surface area (Å²) in [6.45, 7) is 12.1. The van der Waals surface area contributed by atoms with E-state index in [0.29, 0.717) is 23.2 Å². The number of rotatable bonds is 8. The van der Waals surface area contributed by atoms with Crippen molar-refractivity contribution in [3.63, 3.8) is 0 Å². The van der Waals surface area contributed by atoms with Gasteiger partial charge in [-0.3, -0.25) is 4.79 Å². The molecule has 4 rings (SSSR count). The molecule has 7 atom stereocenters. The van der Waals surface area contributed by atoms with Gasteiger partial charge in [-0.2, -0.15) is 0 Å². The minimum absolute atomic E-state index is 0.0241. The minimum Gasteiger partial charge on any atom is -0.414 e. The van der Waals surface area contributed by atoms with Gasteiger partial charge in [0.25, 0.3) is 0 Å². The summed E-state index contributed by atoms with van der Waals surface area (Å²) in [7, 11) is -1.57. The molecule has 0 saturated heterocycles. The summed E-state index contributed by atoms with van der Waals surface area (Å²) in [5, 5.41) is 0. The van der Waals surface area contributed by atoms with E-state index < -0.39 is 8.32 Å². The number of carbonyl (C=O) groups excluding carboxylic acids is 1. The molecule has 2 nitrogen and oxygen atoms in total. The number of carbonyl (C=O) groups is 1. The van der Waals surface area contributed by atoms with E-state index in [9.17, 15) is 4.79 Å². The molecule has 31 heavy (non-hydrogen) atoms. The van der Waals surface area contributed by atoms with E-state index in [1.54, 1.807) is 0 Å². The molecule has 0 aromatic heterocycles. The molecule has 0 aromatic rings. The van der Waals surface area contributed by atoms with E-state index in [1.807, 2.05) is 0 Å². The highest BCUT2D eigenvalue weighted by molar-refractivity contribution is 6.73. The Hall–Kier alpha value is -0.153. The van der Waals surface area contributed by atoms with Crippen molar-refractivity contribution in [2.75, 3.05) is 0 Å². The van der Waals surface area contributed by atoms with Crippen LogP contribution in [0.2, 0.25) is 18.1 Å². The lowest BCUT2D eigenvalue weighted by molar-refractivity contribution is -0.141. The largest absolute Gasteiger partial charge is 0.414 e. The second-order valence-corrected chi connectivity index (χ2v) is 16.6. The van der Waals surface area contributed by atoms with Crippen LogP contribution in [-0.4, -0.2) is 20.2 Å². The molecule has 0 amide bonds. The average molecular weight is 447 g/mol. The van der Waals surface area contributed by atoms with Crippen LogP contribution in [0.1, 0.15) is 112 Å². The van der Waals surface area contributed by atoms with E-state index in [2.05, 4.69) is 34.6 Å². The quantitative estimate of drug-likeness (QED) is 0.351. The van der Waals surface area contributed by atoms with E-state index in [-0.39, 0.29) is 5.41 Å². The van der Waals surface area contributed by atoms with Crippen molar-refractivity contribution >= 4 is 14.1 Å². The predicted molar refractivity (Wildman–Crippen MR) is 133 cm³/mol. The summed E-state index contributed by atoms with van der Waals surface area (Å²) in [6.07, 6.45) is 15.7. The number of hydrogen-bond donors (Lipinski definition) is 0. The van der Waals surface area contributed by atoms with Crippen LogP contribution in [0.4, 0.5) is 0 Å². The molecule has 4 saturated carbocycles. The highest BCUT2D eigenvalue weighted by atomic mass is 28.4. The second kappa shape index (κ2) is 9.24. The Morgan fingerprint density at radius 1 is 0.871 bits per heavy atom. The summed E-state index contributed by atoms with van der Waals surface area (Å²) in [5.74, 6) is 3.80. The van der Waals surface area contributed by atoms with Crippen molar-refractivity contribution in [3.8, 4) is 0 Å².